The molecule has 102 valence electrons. The van der Waals surface area contributed by atoms with E-state index in [1.807, 2.05) is 20.9 Å². The molecule has 0 spiro atoms. The zero-order valence-electron chi connectivity index (χ0n) is 11.5. The average Bonchev–Trinajstić information content (AvgIpc) is 2.88. The van der Waals surface area contributed by atoms with Crippen molar-refractivity contribution in [1.29, 1.82) is 0 Å². The second-order valence-electron chi connectivity index (χ2n) is 4.58. The van der Waals surface area contributed by atoms with Gasteiger partial charge in [0.2, 0.25) is 5.91 Å². The van der Waals surface area contributed by atoms with Gasteiger partial charge in [0.15, 0.2) is 0 Å². The minimum absolute atomic E-state index is 0.271. The van der Waals surface area contributed by atoms with Gasteiger partial charge >= 0.3 is 0 Å². The van der Waals surface area contributed by atoms with Gasteiger partial charge in [0.05, 0.1) is 23.3 Å². The molecule has 0 aliphatic rings. The van der Waals surface area contributed by atoms with Crippen LogP contribution in [0, 0.1) is 13.8 Å². The largest absolute Gasteiger partial charge is 0.321 e. The molecule has 2 aromatic rings. The van der Waals surface area contributed by atoms with Crippen LogP contribution in [-0.2, 0) is 18.9 Å². The predicted molar refractivity (Wildman–Crippen MR) is 71.4 cm³/mol. The fraction of sp³-hybridized carbons (Fsp3) is 0.417. The van der Waals surface area contributed by atoms with E-state index in [2.05, 4.69) is 15.5 Å². The number of carbonyl (C=O) groups excluding carboxylic acids is 1. The summed E-state index contributed by atoms with van der Waals surface area (Å²) in [7, 11) is 3.61. The van der Waals surface area contributed by atoms with Crippen molar-refractivity contribution in [2.75, 3.05) is 5.32 Å². The van der Waals surface area contributed by atoms with E-state index in [0.29, 0.717) is 11.3 Å². The minimum Gasteiger partial charge on any atom is -0.321 e. The van der Waals surface area contributed by atoms with E-state index in [9.17, 15) is 4.79 Å². The molecule has 7 nitrogen and oxygen atoms in total. The number of amides is 1. The molecule has 1 atom stereocenters. The number of carbonyl (C=O) groups is 1. The summed E-state index contributed by atoms with van der Waals surface area (Å²) in [6.07, 6.45) is 3.32. The molecular weight excluding hydrogens is 244 g/mol. The van der Waals surface area contributed by atoms with Crippen molar-refractivity contribution in [2.24, 2.45) is 19.8 Å². The van der Waals surface area contributed by atoms with Gasteiger partial charge in [-0.15, -0.1) is 0 Å². The van der Waals surface area contributed by atoms with E-state index >= 15 is 0 Å². The summed E-state index contributed by atoms with van der Waals surface area (Å²) < 4.78 is 3.34. The van der Waals surface area contributed by atoms with Crippen LogP contribution < -0.4 is 11.1 Å². The lowest BCUT2D eigenvalue weighted by atomic mass is 10.1. The maximum absolute atomic E-state index is 12.1. The molecule has 0 saturated carbocycles. The molecule has 19 heavy (non-hydrogen) atoms. The van der Waals surface area contributed by atoms with Crippen LogP contribution in [0.5, 0.6) is 0 Å². The Hall–Kier alpha value is -2.15. The van der Waals surface area contributed by atoms with Crippen molar-refractivity contribution in [2.45, 2.75) is 19.9 Å². The van der Waals surface area contributed by atoms with Crippen LogP contribution in [0.15, 0.2) is 12.4 Å². The monoisotopic (exact) mass is 262 g/mol. The van der Waals surface area contributed by atoms with Gasteiger partial charge < -0.3 is 11.1 Å². The molecule has 0 saturated heterocycles. The Balaban J connectivity index is 2.17. The van der Waals surface area contributed by atoms with Crippen LogP contribution in [0.2, 0.25) is 0 Å². The number of aryl methyl sites for hydroxylation is 3. The first-order chi connectivity index (χ1) is 8.90. The van der Waals surface area contributed by atoms with Gasteiger partial charge in [0, 0.05) is 25.9 Å². The highest BCUT2D eigenvalue weighted by Gasteiger charge is 2.20. The predicted octanol–water partition coefficient (Wildman–Crippen LogP) is 0.409. The second kappa shape index (κ2) is 4.85. The van der Waals surface area contributed by atoms with Crippen LogP contribution in [0.4, 0.5) is 5.69 Å². The van der Waals surface area contributed by atoms with Gasteiger partial charge in [0.25, 0.3) is 0 Å². The van der Waals surface area contributed by atoms with E-state index in [1.54, 1.807) is 28.8 Å². The number of nitrogens with zero attached hydrogens (tertiary/aromatic N) is 4. The highest BCUT2D eigenvalue weighted by atomic mass is 16.2. The van der Waals surface area contributed by atoms with Crippen LogP contribution >= 0.6 is 0 Å². The zero-order chi connectivity index (χ0) is 14.2. The minimum atomic E-state index is -0.743. The maximum atomic E-state index is 12.1. The first-order valence-electron chi connectivity index (χ1n) is 5.95. The van der Waals surface area contributed by atoms with Crippen LogP contribution in [-0.4, -0.2) is 25.5 Å². The number of hydrogen-bond acceptors (Lipinski definition) is 4. The van der Waals surface area contributed by atoms with Crippen molar-refractivity contribution in [1.82, 2.24) is 19.6 Å². The van der Waals surface area contributed by atoms with Crippen LogP contribution in [0.1, 0.15) is 23.0 Å². The van der Waals surface area contributed by atoms with Crippen LogP contribution in [0.25, 0.3) is 0 Å². The Morgan fingerprint density at radius 3 is 2.58 bits per heavy atom. The Bertz CT molecular complexity index is 612. The standard InChI is InChI=1S/C12H18N6O/c1-7-11(8(2)18(4)16-7)15-12(19)10(13)9-5-14-17(3)6-9/h5-6,10H,13H2,1-4H3,(H,15,19). The van der Waals surface area contributed by atoms with E-state index in [-0.39, 0.29) is 5.91 Å². The fourth-order valence-corrected chi connectivity index (χ4v) is 1.91. The fourth-order valence-electron chi connectivity index (χ4n) is 1.91. The molecule has 2 aromatic heterocycles. The van der Waals surface area contributed by atoms with Crippen molar-refractivity contribution in [3.05, 3.63) is 29.3 Å². The molecule has 0 aliphatic carbocycles. The molecule has 1 unspecified atom stereocenters. The summed E-state index contributed by atoms with van der Waals surface area (Å²) in [6, 6.07) is -0.743. The van der Waals surface area contributed by atoms with Gasteiger partial charge in [-0.05, 0) is 13.8 Å². The zero-order valence-corrected chi connectivity index (χ0v) is 11.5. The van der Waals surface area contributed by atoms with Gasteiger partial charge in [-0.1, -0.05) is 0 Å². The van der Waals surface area contributed by atoms with E-state index < -0.39 is 6.04 Å². The van der Waals surface area contributed by atoms with Gasteiger partial charge in [-0.2, -0.15) is 10.2 Å². The molecule has 1 amide bonds. The third kappa shape index (κ3) is 2.50. The summed E-state index contributed by atoms with van der Waals surface area (Å²) in [6.45, 7) is 3.74. The first kappa shape index (κ1) is 13.3. The Morgan fingerprint density at radius 1 is 1.42 bits per heavy atom. The summed E-state index contributed by atoms with van der Waals surface area (Å²) in [5, 5.41) is 11.1. The van der Waals surface area contributed by atoms with Crippen LogP contribution in [0.3, 0.4) is 0 Å². The Kier molecular flexibility index (Phi) is 3.39. The third-order valence-electron chi connectivity index (χ3n) is 3.12. The van der Waals surface area contributed by atoms with Crippen molar-refractivity contribution in [3.8, 4) is 0 Å². The Labute approximate surface area is 111 Å². The Morgan fingerprint density at radius 2 is 2.11 bits per heavy atom. The third-order valence-corrected chi connectivity index (χ3v) is 3.12. The highest BCUT2D eigenvalue weighted by molar-refractivity contribution is 5.96. The summed E-state index contributed by atoms with van der Waals surface area (Å²) >= 11 is 0. The lowest BCUT2D eigenvalue weighted by Crippen LogP contribution is -2.27. The number of nitrogens with two attached hydrogens (primary N) is 1. The average molecular weight is 262 g/mol. The van der Waals surface area contributed by atoms with Gasteiger partial charge in [-0.25, -0.2) is 0 Å². The number of rotatable bonds is 3. The maximum Gasteiger partial charge on any atom is 0.246 e. The SMILES string of the molecule is Cc1nn(C)c(C)c1NC(=O)C(N)c1cnn(C)c1. The molecule has 2 rings (SSSR count). The van der Waals surface area contributed by atoms with E-state index in [0.717, 1.165) is 11.4 Å². The number of hydrogen-bond donors (Lipinski definition) is 2. The second-order valence-corrected chi connectivity index (χ2v) is 4.58. The van der Waals surface area contributed by atoms with Crippen molar-refractivity contribution < 1.29 is 4.79 Å². The normalized spacial score (nSPS) is 12.5. The van der Waals surface area contributed by atoms with Gasteiger partial charge in [-0.3, -0.25) is 14.2 Å². The molecule has 0 fully saturated rings. The molecule has 2 heterocycles. The van der Waals surface area contributed by atoms with E-state index in [1.165, 1.54) is 0 Å². The topological polar surface area (TPSA) is 90.8 Å². The molecule has 0 aromatic carbocycles. The summed E-state index contributed by atoms with van der Waals surface area (Å²) in [5.74, 6) is -0.271. The first-order valence-corrected chi connectivity index (χ1v) is 5.95. The van der Waals surface area contributed by atoms with Gasteiger partial charge in [0.1, 0.15) is 6.04 Å². The van der Waals surface area contributed by atoms with Crippen molar-refractivity contribution in [3.63, 3.8) is 0 Å². The molecule has 0 bridgehead atoms. The smallest absolute Gasteiger partial charge is 0.246 e. The molecule has 3 N–H and O–H groups in total. The molecular formula is C12H18N6O. The number of aromatic nitrogens is 4. The van der Waals surface area contributed by atoms with E-state index in [4.69, 9.17) is 5.73 Å². The summed E-state index contributed by atoms with van der Waals surface area (Å²) in [4.78, 5) is 12.1. The summed E-state index contributed by atoms with van der Waals surface area (Å²) in [5.41, 5.74) is 8.97. The number of anilines is 1. The molecule has 0 aliphatic heterocycles. The lowest BCUT2D eigenvalue weighted by molar-refractivity contribution is -0.117. The lowest BCUT2D eigenvalue weighted by Gasteiger charge is -2.10. The molecule has 7 heteroatoms. The number of nitrogens with one attached hydrogen (secondary N) is 1. The highest BCUT2D eigenvalue weighted by Crippen LogP contribution is 2.20. The quantitative estimate of drug-likeness (QED) is 0.838. The molecule has 0 radical (unpaired) electrons. The van der Waals surface area contributed by atoms with Crippen molar-refractivity contribution >= 4 is 11.6 Å².